The Bertz CT molecular complexity index is 829. The van der Waals surface area contributed by atoms with Gasteiger partial charge in [-0.25, -0.2) is 4.98 Å². The number of aromatic nitrogens is 4. The largest absolute Gasteiger partial charge is 0.326 e. The Kier molecular flexibility index (Phi) is 3.15. The van der Waals surface area contributed by atoms with Gasteiger partial charge in [0.05, 0.1) is 17.8 Å². The number of hydrogen-bond donors (Lipinski definition) is 2. The summed E-state index contributed by atoms with van der Waals surface area (Å²) in [6.07, 6.45) is 0. The van der Waals surface area contributed by atoms with Crippen molar-refractivity contribution in [1.29, 1.82) is 0 Å². The monoisotopic (exact) mass is 289 g/mol. The van der Waals surface area contributed by atoms with E-state index in [2.05, 4.69) is 15.1 Å². The lowest BCUT2D eigenvalue weighted by Gasteiger charge is -2.04. The van der Waals surface area contributed by atoms with Crippen LogP contribution in [0.3, 0.4) is 0 Å². The fourth-order valence-corrected chi connectivity index (χ4v) is 3.05. The molecule has 0 saturated heterocycles. The van der Waals surface area contributed by atoms with E-state index in [9.17, 15) is 4.79 Å². The number of aromatic amines is 1. The van der Waals surface area contributed by atoms with E-state index in [1.807, 2.05) is 30.0 Å². The molecule has 6 nitrogen and oxygen atoms in total. The molecule has 0 unspecified atom stereocenters. The molecule has 0 aromatic carbocycles. The average Bonchev–Trinajstić information content (AvgIpc) is 2.96. The molecular weight excluding hydrogens is 274 g/mol. The molecule has 0 radical (unpaired) electrons. The predicted octanol–water partition coefficient (Wildman–Crippen LogP) is 1.30. The number of H-pyrrole nitrogens is 1. The Labute approximate surface area is 119 Å². The van der Waals surface area contributed by atoms with Crippen LogP contribution in [-0.2, 0) is 13.1 Å². The second-order valence-corrected chi connectivity index (χ2v) is 5.57. The van der Waals surface area contributed by atoms with Crippen molar-refractivity contribution >= 4 is 21.6 Å². The number of nitrogens with one attached hydrogen (secondary N) is 1. The summed E-state index contributed by atoms with van der Waals surface area (Å²) in [6.45, 7) is 4.81. The second-order valence-electron chi connectivity index (χ2n) is 4.66. The highest BCUT2D eigenvalue weighted by molar-refractivity contribution is 7.17. The average molecular weight is 289 g/mol. The molecule has 3 N–H and O–H groups in total. The topological polar surface area (TPSA) is 89.6 Å². The van der Waals surface area contributed by atoms with Gasteiger partial charge < -0.3 is 10.7 Å². The molecule has 3 aromatic heterocycles. The van der Waals surface area contributed by atoms with Crippen LogP contribution in [-0.4, -0.2) is 19.7 Å². The van der Waals surface area contributed by atoms with Gasteiger partial charge >= 0.3 is 0 Å². The summed E-state index contributed by atoms with van der Waals surface area (Å²) in [5, 5.41) is 6.32. The summed E-state index contributed by atoms with van der Waals surface area (Å²) >= 11 is 1.40. The lowest BCUT2D eigenvalue weighted by Crippen LogP contribution is -2.14. The van der Waals surface area contributed by atoms with E-state index in [1.165, 1.54) is 11.3 Å². The standard InChI is InChI=1S/C13H15N5OS/c1-7-9(5-14)8(2)18(17-7)6-11-15-10-3-4-20-12(10)13(19)16-11/h3-4H,5-6,14H2,1-2H3,(H,15,16,19). The van der Waals surface area contributed by atoms with Crippen LogP contribution in [0, 0.1) is 13.8 Å². The maximum Gasteiger partial charge on any atom is 0.268 e. The van der Waals surface area contributed by atoms with Crippen LogP contribution in [0.15, 0.2) is 16.2 Å². The molecular formula is C13H15N5OS. The van der Waals surface area contributed by atoms with E-state index < -0.39 is 0 Å². The molecule has 3 heterocycles. The summed E-state index contributed by atoms with van der Waals surface area (Å²) in [6, 6.07) is 1.85. The highest BCUT2D eigenvalue weighted by Gasteiger charge is 2.12. The van der Waals surface area contributed by atoms with Crippen molar-refractivity contribution in [2.45, 2.75) is 26.9 Å². The number of hydrogen-bond acceptors (Lipinski definition) is 5. The van der Waals surface area contributed by atoms with Crippen molar-refractivity contribution in [3.63, 3.8) is 0 Å². The van der Waals surface area contributed by atoms with Crippen LogP contribution in [0.1, 0.15) is 22.8 Å². The number of thiophene rings is 1. The Hall–Kier alpha value is -1.99. The number of rotatable bonds is 3. The van der Waals surface area contributed by atoms with Crippen molar-refractivity contribution < 1.29 is 0 Å². The summed E-state index contributed by atoms with van der Waals surface area (Å²) in [5.41, 5.74) is 9.33. The molecule has 3 aromatic rings. The van der Waals surface area contributed by atoms with E-state index in [0.29, 0.717) is 23.6 Å². The van der Waals surface area contributed by atoms with Crippen LogP contribution >= 0.6 is 11.3 Å². The van der Waals surface area contributed by atoms with Crippen LogP contribution in [0.25, 0.3) is 10.2 Å². The SMILES string of the molecule is Cc1nn(Cc2nc3ccsc3c(=O)[nH]2)c(C)c1CN. The van der Waals surface area contributed by atoms with E-state index in [1.54, 1.807) is 0 Å². The van der Waals surface area contributed by atoms with Crippen molar-refractivity contribution in [3.8, 4) is 0 Å². The second kappa shape index (κ2) is 4.84. The van der Waals surface area contributed by atoms with Crippen LogP contribution in [0.4, 0.5) is 0 Å². The predicted molar refractivity (Wildman–Crippen MR) is 78.9 cm³/mol. The number of nitrogens with two attached hydrogens (primary N) is 1. The summed E-state index contributed by atoms with van der Waals surface area (Å²) in [7, 11) is 0. The first-order chi connectivity index (χ1) is 9.60. The molecule has 0 amide bonds. The molecule has 104 valence electrons. The van der Waals surface area contributed by atoms with Gasteiger partial charge in [0, 0.05) is 17.8 Å². The van der Waals surface area contributed by atoms with Gasteiger partial charge in [0.1, 0.15) is 10.5 Å². The van der Waals surface area contributed by atoms with Gasteiger partial charge in [0.25, 0.3) is 5.56 Å². The Morgan fingerprint density at radius 1 is 1.45 bits per heavy atom. The molecule has 3 rings (SSSR count). The van der Waals surface area contributed by atoms with Crippen LogP contribution in [0.2, 0.25) is 0 Å². The number of aryl methyl sites for hydroxylation is 1. The third-order valence-corrected chi connectivity index (χ3v) is 4.30. The molecule has 0 aliphatic rings. The molecule has 0 aliphatic carbocycles. The van der Waals surface area contributed by atoms with Crippen molar-refractivity contribution in [3.05, 3.63) is 44.6 Å². The highest BCUT2D eigenvalue weighted by atomic mass is 32.1. The Balaban J connectivity index is 2.03. The van der Waals surface area contributed by atoms with E-state index in [-0.39, 0.29) is 5.56 Å². The minimum atomic E-state index is -0.0967. The maximum absolute atomic E-state index is 11.9. The van der Waals surface area contributed by atoms with E-state index >= 15 is 0 Å². The third-order valence-electron chi connectivity index (χ3n) is 3.40. The minimum absolute atomic E-state index is 0.0967. The zero-order chi connectivity index (χ0) is 14.3. The molecule has 7 heteroatoms. The van der Waals surface area contributed by atoms with E-state index in [4.69, 9.17) is 5.73 Å². The fourth-order valence-electron chi connectivity index (χ4n) is 2.32. The third kappa shape index (κ3) is 2.04. The van der Waals surface area contributed by atoms with Crippen LogP contribution < -0.4 is 11.3 Å². The zero-order valence-electron chi connectivity index (χ0n) is 11.3. The van der Waals surface area contributed by atoms with Gasteiger partial charge in [-0.2, -0.15) is 5.10 Å². The van der Waals surface area contributed by atoms with Crippen molar-refractivity contribution in [1.82, 2.24) is 19.7 Å². The highest BCUT2D eigenvalue weighted by Crippen LogP contribution is 2.15. The zero-order valence-corrected chi connectivity index (χ0v) is 12.1. The molecule has 20 heavy (non-hydrogen) atoms. The molecule has 0 atom stereocenters. The number of fused-ring (bicyclic) bond motifs is 1. The molecule has 0 fully saturated rings. The first-order valence-corrected chi connectivity index (χ1v) is 7.17. The lowest BCUT2D eigenvalue weighted by molar-refractivity contribution is 0.631. The molecule has 0 aliphatic heterocycles. The summed E-state index contributed by atoms with van der Waals surface area (Å²) in [4.78, 5) is 19.2. The van der Waals surface area contributed by atoms with Gasteiger partial charge in [0.2, 0.25) is 0 Å². The fraction of sp³-hybridized carbons (Fsp3) is 0.308. The minimum Gasteiger partial charge on any atom is -0.326 e. The normalized spacial score (nSPS) is 11.3. The molecule has 0 saturated carbocycles. The smallest absolute Gasteiger partial charge is 0.268 e. The Morgan fingerprint density at radius 2 is 2.25 bits per heavy atom. The summed E-state index contributed by atoms with van der Waals surface area (Å²) in [5.74, 6) is 0.607. The van der Waals surface area contributed by atoms with Gasteiger partial charge in [-0.15, -0.1) is 11.3 Å². The molecule has 0 spiro atoms. The lowest BCUT2D eigenvalue weighted by atomic mass is 10.2. The Morgan fingerprint density at radius 3 is 2.95 bits per heavy atom. The van der Waals surface area contributed by atoms with Gasteiger partial charge in [-0.3, -0.25) is 9.48 Å². The van der Waals surface area contributed by atoms with Crippen LogP contribution in [0.5, 0.6) is 0 Å². The van der Waals surface area contributed by atoms with Gasteiger partial charge in [-0.1, -0.05) is 0 Å². The van der Waals surface area contributed by atoms with Gasteiger partial charge in [-0.05, 0) is 25.3 Å². The van der Waals surface area contributed by atoms with Gasteiger partial charge in [0.15, 0.2) is 0 Å². The first kappa shape index (κ1) is 13.0. The maximum atomic E-state index is 11.9. The molecule has 0 bridgehead atoms. The first-order valence-electron chi connectivity index (χ1n) is 6.29. The van der Waals surface area contributed by atoms with Crippen molar-refractivity contribution in [2.24, 2.45) is 5.73 Å². The van der Waals surface area contributed by atoms with E-state index in [0.717, 1.165) is 22.5 Å². The number of nitrogens with zero attached hydrogens (tertiary/aromatic N) is 3. The quantitative estimate of drug-likeness (QED) is 0.760. The van der Waals surface area contributed by atoms with Crippen molar-refractivity contribution in [2.75, 3.05) is 0 Å². The summed E-state index contributed by atoms with van der Waals surface area (Å²) < 4.78 is 2.48.